The Bertz CT molecular complexity index is 612. The Morgan fingerprint density at radius 1 is 1.06 bits per heavy atom. The van der Waals surface area contributed by atoms with Gasteiger partial charge >= 0.3 is 0 Å². The van der Waals surface area contributed by atoms with Gasteiger partial charge in [-0.25, -0.2) is 0 Å². The largest absolute Gasteiger partial charge is 0.289 e. The summed E-state index contributed by atoms with van der Waals surface area (Å²) in [5.74, 6) is -0.129. The summed E-state index contributed by atoms with van der Waals surface area (Å²) in [6.45, 7) is 3.76. The molecule has 0 amide bonds. The standard InChI is InChI=1S/C16H13O2/c1-11-5-3-7-13(9-11)16(18)15-12(2)6-4-8-14(15)10-17/h3-9H,1-2H3. The van der Waals surface area contributed by atoms with Crippen molar-refractivity contribution in [2.45, 2.75) is 13.8 Å². The summed E-state index contributed by atoms with van der Waals surface area (Å²) in [5.41, 5.74) is 3.17. The molecule has 2 aromatic rings. The predicted molar refractivity (Wildman–Crippen MR) is 70.6 cm³/mol. The molecule has 18 heavy (non-hydrogen) atoms. The first-order chi connectivity index (χ1) is 8.63. The Morgan fingerprint density at radius 3 is 2.44 bits per heavy atom. The zero-order chi connectivity index (χ0) is 13.1. The molecule has 0 heterocycles. The van der Waals surface area contributed by atoms with E-state index >= 15 is 0 Å². The van der Waals surface area contributed by atoms with Crippen LogP contribution in [0.5, 0.6) is 0 Å². The molecule has 2 rings (SSSR count). The number of rotatable bonds is 3. The van der Waals surface area contributed by atoms with Crippen molar-refractivity contribution in [3.8, 4) is 0 Å². The molecule has 2 heteroatoms. The molecule has 0 aliphatic rings. The van der Waals surface area contributed by atoms with E-state index in [1.165, 1.54) is 0 Å². The van der Waals surface area contributed by atoms with Crippen LogP contribution in [-0.4, -0.2) is 12.1 Å². The molecule has 0 N–H and O–H groups in total. The molecule has 89 valence electrons. The molecule has 0 saturated heterocycles. The van der Waals surface area contributed by atoms with Crippen molar-refractivity contribution in [2.75, 3.05) is 0 Å². The lowest BCUT2D eigenvalue weighted by Crippen LogP contribution is -2.07. The molecule has 2 aromatic carbocycles. The van der Waals surface area contributed by atoms with Gasteiger partial charge < -0.3 is 0 Å². The highest BCUT2D eigenvalue weighted by Gasteiger charge is 2.16. The van der Waals surface area contributed by atoms with E-state index < -0.39 is 0 Å². The molecule has 1 radical (unpaired) electrons. The second-order valence-electron chi connectivity index (χ2n) is 4.30. The Morgan fingerprint density at radius 2 is 1.78 bits per heavy atom. The molecular weight excluding hydrogens is 224 g/mol. The summed E-state index contributed by atoms with van der Waals surface area (Å²) in [5, 5.41) is 0. The molecule has 0 saturated carbocycles. The van der Waals surface area contributed by atoms with Crippen LogP contribution in [0, 0.1) is 13.8 Å². The number of carbonyl (C=O) groups excluding carboxylic acids is 2. The fourth-order valence-corrected chi connectivity index (χ4v) is 1.98. The maximum absolute atomic E-state index is 12.4. The second kappa shape index (κ2) is 4.96. The fourth-order valence-electron chi connectivity index (χ4n) is 1.98. The van der Waals surface area contributed by atoms with E-state index in [1.54, 1.807) is 18.2 Å². The number of benzene rings is 2. The van der Waals surface area contributed by atoms with Crippen LogP contribution in [-0.2, 0) is 4.79 Å². The topological polar surface area (TPSA) is 34.1 Å². The summed E-state index contributed by atoms with van der Waals surface area (Å²) >= 11 is 0. The van der Waals surface area contributed by atoms with Gasteiger partial charge in [-0.15, -0.1) is 0 Å². The molecule has 0 aromatic heterocycles. The van der Waals surface area contributed by atoms with Crippen molar-refractivity contribution in [3.05, 3.63) is 70.3 Å². The molecule has 0 aliphatic heterocycles. The summed E-state index contributed by atoms with van der Waals surface area (Å²) < 4.78 is 0. The van der Waals surface area contributed by atoms with Gasteiger partial charge in [0.15, 0.2) is 5.78 Å². The quantitative estimate of drug-likeness (QED) is 0.769. The van der Waals surface area contributed by atoms with Crippen molar-refractivity contribution in [3.63, 3.8) is 0 Å². The van der Waals surface area contributed by atoms with E-state index in [2.05, 4.69) is 0 Å². The van der Waals surface area contributed by atoms with E-state index in [4.69, 9.17) is 0 Å². The van der Waals surface area contributed by atoms with Crippen LogP contribution in [0.2, 0.25) is 0 Å². The SMILES string of the molecule is Cc1cccc(C(=O)c2c(C)cccc2[C]=O)c1. The summed E-state index contributed by atoms with van der Waals surface area (Å²) in [6.07, 6.45) is 1.83. The normalized spacial score (nSPS) is 10.1. The number of carbonyl (C=O) groups is 1. The molecule has 0 aliphatic carbocycles. The van der Waals surface area contributed by atoms with Crippen LogP contribution in [0.1, 0.15) is 32.6 Å². The third kappa shape index (κ3) is 2.23. The lowest BCUT2D eigenvalue weighted by Gasteiger charge is -2.07. The Balaban J connectivity index is 2.56. The van der Waals surface area contributed by atoms with Gasteiger partial charge in [0.25, 0.3) is 0 Å². The smallest absolute Gasteiger partial charge is 0.234 e. The van der Waals surface area contributed by atoms with Crippen LogP contribution in [0.25, 0.3) is 0 Å². The third-order valence-electron chi connectivity index (χ3n) is 2.89. The number of ketones is 1. The highest BCUT2D eigenvalue weighted by atomic mass is 16.1. The molecule has 0 bridgehead atoms. The first-order valence-corrected chi connectivity index (χ1v) is 5.72. The lowest BCUT2D eigenvalue weighted by molar-refractivity contribution is 0.103. The van der Waals surface area contributed by atoms with E-state index in [0.29, 0.717) is 16.7 Å². The Kier molecular flexibility index (Phi) is 3.38. The fraction of sp³-hybridized carbons (Fsp3) is 0.125. The number of hydrogen-bond acceptors (Lipinski definition) is 2. The molecule has 0 unspecified atom stereocenters. The maximum atomic E-state index is 12.4. The van der Waals surface area contributed by atoms with Crippen molar-refractivity contribution in [2.24, 2.45) is 0 Å². The zero-order valence-electron chi connectivity index (χ0n) is 10.4. The van der Waals surface area contributed by atoms with Crippen molar-refractivity contribution in [1.82, 2.24) is 0 Å². The molecular formula is C16H13O2. The van der Waals surface area contributed by atoms with Gasteiger partial charge in [-0.2, -0.15) is 0 Å². The van der Waals surface area contributed by atoms with Crippen molar-refractivity contribution >= 4 is 12.1 Å². The van der Waals surface area contributed by atoms with E-state index in [-0.39, 0.29) is 5.78 Å². The lowest BCUT2D eigenvalue weighted by atomic mass is 9.94. The Labute approximate surface area is 106 Å². The van der Waals surface area contributed by atoms with E-state index in [0.717, 1.165) is 11.1 Å². The van der Waals surface area contributed by atoms with E-state index in [9.17, 15) is 9.59 Å². The van der Waals surface area contributed by atoms with Crippen LogP contribution in [0.4, 0.5) is 0 Å². The summed E-state index contributed by atoms with van der Waals surface area (Å²) in [7, 11) is 0. The maximum Gasteiger partial charge on any atom is 0.234 e. The van der Waals surface area contributed by atoms with Crippen LogP contribution in [0.3, 0.4) is 0 Å². The minimum absolute atomic E-state index is 0.129. The van der Waals surface area contributed by atoms with Gasteiger partial charge in [-0.05, 0) is 25.5 Å². The first kappa shape index (κ1) is 12.2. The van der Waals surface area contributed by atoms with Gasteiger partial charge in [-0.1, -0.05) is 42.0 Å². The van der Waals surface area contributed by atoms with Gasteiger partial charge in [-0.3, -0.25) is 9.59 Å². The zero-order valence-corrected chi connectivity index (χ0v) is 10.4. The summed E-state index contributed by atoms with van der Waals surface area (Å²) in [4.78, 5) is 23.3. The molecule has 2 nitrogen and oxygen atoms in total. The highest BCUT2D eigenvalue weighted by Crippen LogP contribution is 2.18. The monoisotopic (exact) mass is 237 g/mol. The van der Waals surface area contributed by atoms with Gasteiger partial charge in [0.2, 0.25) is 6.29 Å². The number of hydrogen-bond donors (Lipinski definition) is 0. The van der Waals surface area contributed by atoms with Gasteiger partial charge in [0, 0.05) is 16.7 Å². The molecule has 0 fully saturated rings. The van der Waals surface area contributed by atoms with Crippen LogP contribution in [0.15, 0.2) is 42.5 Å². The predicted octanol–water partition coefficient (Wildman–Crippen LogP) is 2.99. The number of aryl methyl sites for hydroxylation is 2. The molecule has 0 spiro atoms. The molecule has 0 atom stereocenters. The minimum Gasteiger partial charge on any atom is -0.289 e. The van der Waals surface area contributed by atoms with Gasteiger partial charge in [0.1, 0.15) is 0 Å². The van der Waals surface area contributed by atoms with Gasteiger partial charge in [0.05, 0.1) is 0 Å². The average molecular weight is 237 g/mol. The van der Waals surface area contributed by atoms with Crippen LogP contribution >= 0.6 is 0 Å². The second-order valence-corrected chi connectivity index (χ2v) is 4.30. The summed E-state index contributed by atoms with van der Waals surface area (Å²) in [6, 6.07) is 12.5. The van der Waals surface area contributed by atoms with E-state index in [1.807, 2.05) is 44.4 Å². The average Bonchev–Trinajstić information content (AvgIpc) is 2.37. The highest BCUT2D eigenvalue weighted by molar-refractivity contribution is 6.13. The first-order valence-electron chi connectivity index (χ1n) is 5.72. The van der Waals surface area contributed by atoms with Crippen molar-refractivity contribution < 1.29 is 9.59 Å². The Hall–Kier alpha value is -2.22. The third-order valence-corrected chi connectivity index (χ3v) is 2.89. The van der Waals surface area contributed by atoms with Crippen LogP contribution < -0.4 is 0 Å². The minimum atomic E-state index is -0.129. The van der Waals surface area contributed by atoms with Crippen molar-refractivity contribution in [1.29, 1.82) is 0 Å².